The lowest BCUT2D eigenvalue weighted by Gasteiger charge is -2.31. The Bertz CT molecular complexity index is 1450. The predicted octanol–water partition coefficient (Wildman–Crippen LogP) is 4.69. The van der Waals surface area contributed by atoms with Crippen LogP contribution in [0.15, 0.2) is 29.4 Å². The molecule has 2 aromatic rings. The van der Waals surface area contributed by atoms with Gasteiger partial charge in [0, 0.05) is 63.3 Å². The van der Waals surface area contributed by atoms with Crippen LogP contribution in [-0.4, -0.2) is 95.3 Å². The first-order chi connectivity index (χ1) is 20.2. The summed E-state index contributed by atoms with van der Waals surface area (Å²) in [4.78, 5) is 38.4. The van der Waals surface area contributed by atoms with Crippen molar-refractivity contribution in [1.29, 1.82) is 0 Å². The van der Waals surface area contributed by atoms with E-state index in [2.05, 4.69) is 49.2 Å². The van der Waals surface area contributed by atoms with Crippen LogP contribution in [-0.2, 0) is 4.79 Å². The molecule has 1 saturated carbocycles. The van der Waals surface area contributed by atoms with E-state index in [0.717, 1.165) is 65.9 Å². The number of aliphatic imine (C=N–C) groups is 1. The zero-order valence-electron chi connectivity index (χ0n) is 25.9. The Kier molecular flexibility index (Phi) is 7.81. The van der Waals surface area contributed by atoms with Crippen molar-refractivity contribution in [2.24, 2.45) is 16.8 Å². The Hall–Kier alpha value is -3.33. The third-order valence-electron chi connectivity index (χ3n) is 10.1. The summed E-state index contributed by atoms with van der Waals surface area (Å²) in [6, 6.07) is 0.537. The smallest absolute Gasteiger partial charge is 0.319 e. The highest BCUT2D eigenvalue weighted by Gasteiger charge is 2.47. The van der Waals surface area contributed by atoms with E-state index in [1.165, 1.54) is 30.9 Å². The number of carbonyl (C=O) groups excluding carboxylic acids is 1. The van der Waals surface area contributed by atoms with Gasteiger partial charge in [-0.2, -0.15) is 9.97 Å². The Balaban J connectivity index is 1.40. The van der Waals surface area contributed by atoms with E-state index in [-0.39, 0.29) is 17.5 Å². The highest BCUT2D eigenvalue weighted by atomic mass is 16.5. The first kappa shape index (κ1) is 28.8. The van der Waals surface area contributed by atoms with Crippen LogP contribution in [0.2, 0.25) is 0 Å². The molecular weight excluding hydrogens is 526 g/mol. The molecule has 4 fully saturated rings. The fourth-order valence-corrected chi connectivity index (χ4v) is 7.58. The molecule has 0 radical (unpaired) electrons. The average Bonchev–Trinajstić information content (AvgIpc) is 3.46. The van der Waals surface area contributed by atoms with Gasteiger partial charge in [0.15, 0.2) is 0 Å². The van der Waals surface area contributed by atoms with Gasteiger partial charge in [-0.3, -0.25) is 19.7 Å². The minimum atomic E-state index is -0.0290. The molecule has 4 aliphatic rings. The molecule has 2 aromatic heterocycles. The van der Waals surface area contributed by atoms with Crippen LogP contribution >= 0.6 is 0 Å². The second-order valence-electron chi connectivity index (χ2n) is 13.0. The number of amides is 1. The maximum atomic E-state index is 12.3. The standard InChI is InChI=1S/C33H45N7O2/c1-7-28(41)39-14-11-25(19-39)38(6)31-27-17-35-29(26(16-34-5)22(3)24-9-10-24)23(4)30(27)36-32(37-31)42-20-33-12-8-13-40(33)18-21(2)15-33/h7,16-17,21,24-25H,1,8-15,18-20H2,2-6H3/b26-22-,34-16?. The van der Waals surface area contributed by atoms with E-state index in [1.807, 2.05) is 24.4 Å². The number of ether oxygens (including phenoxy) is 1. The lowest BCUT2D eigenvalue weighted by molar-refractivity contribution is -0.125. The second kappa shape index (κ2) is 11.4. The van der Waals surface area contributed by atoms with Gasteiger partial charge >= 0.3 is 6.01 Å². The van der Waals surface area contributed by atoms with Crippen LogP contribution < -0.4 is 9.64 Å². The summed E-state index contributed by atoms with van der Waals surface area (Å²) in [5, 5.41) is 0.895. The molecule has 1 aliphatic carbocycles. The van der Waals surface area contributed by atoms with Gasteiger partial charge in [-0.25, -0.2) is 0 Å². The second-order valence-corrected chi connectivity index (χ2v) is 13.0. The number of hydrogen-bond donors (Lipinski definition) is 0. The molecule has 3 saturated heterocycles. The summed E-state index contributed by atoms with van der Waals surface area (Å²) >= 11 is 0. The fraction of sp³-hybridized carbons (Fsp3) is 0.606. The largest absolute Gasteiger partial charge is 0.461 e. The molecule has 0 bridgehead atoms. The molecule has 3 aliphatic heterocycles. The number of nitrogens with zero attached hydrogens (tertiary/aromatic N) is 7. The number of allylic oxidation sites excluding steroid dienone is 2. The number of hydrogen-bond acceptors (Lipinski definition) is 8. The number of carbonyl (C=O) groups is 1. The van der Waals surface area contributed by atoms with Crippen molar-refractivity contribution in [2.45, 2.75) is 70.9 Å². The van der Waals surface area contributed by atoms with Gasteiger partial charge in [-0.1, -0.05) is 19.1 Å². The monoisotopic (exact) mass is 571 g/mol. The van der Waals surface area contributed by atoms with Crippen molar-refractivity contribution in [3.63, 3.8) is 0 Å². The summed E-state index contributed by atoms with van der Waals surface area (Å²) in [6.07, 6.45) is 12.1. The fourth-order valence-electron chi connectivity index (χ4n) is 7.58. The van der Waals surface area contributed by atoms with Gasteiger partial charge in [0.2, 0.25) is 5.91 Å². The van der Waals surface area contributed by atoms with Gasteiger partial charge in [-0.05, 0) is 76.8 Å². The number of anilines is 1. The molecule has 3 unspecified atom stereocenters. The normalized spacial score (nSPS) is 26.6. The van der Waals surface area contributed by atoms with E-state index in [1.54, 1.807) is 0 Å². The molecule has 3 atom stereocenters. The van der Waals surface area contributed by atoms with E-state index in [9.17, 15) is 4.79 Å². The van der Waals surface area contributed by atoms with Crippen molar-refractivity contribution in [3.8, 4) is 6.01 Å². The molecule has 9 heteroatoms. The molecule has 224 valence electrons. The number of pyridine rings is 1. The van der Waals surface area contributed by atoms with Gasteiger partial charge in [-0.15, -0.1) is 0 Å². The van der Waals surface area contributed by atoms with Gasteiger partial charge in [0.05, 0.1) is 22.1 Å². The molecule has 6 rings (SSSR count). The van der Waals surface area contributed by atoms with Crippen LogP contribution in [0.3, 0.4) is 0 Å². The van der Waals surface area contributed by atoms with Crippen molar-refractivity contribution in [1.82, 2.24) is 24.8 Å². The molecular formula is C33H45N7O2. The van der Waals surface area contributed by atoms with Crippen molar-refractivity contribution in [2.75, 3.05) is 51.8 Å². The summed E-state index contributed by atoms with van der Waals surface area (Å²) in [7, 11) is 3.87. The number of fused-ring (bicyclic) bond motifs is 2. The van der Waals surface area contributed by atoms with Crippen molar-refractivity contribution < 1.29 is 9.53 Å². The molecule has 0 spiro atoms. The van der Waals surface area contributed by atoms with Crippen LogP contribution in [0.4, 0.5) is 5.82 Å². The number of aryl methyl sites for hydroxylation is 1. The van der Waals surface area contributed by atoms with E-state index in [4.69, 9.17) is 19.7 Å². The van der Waals surface area contributed by atoms with E-state index < -0.39 is 0 Å². The van der Waals surface area contributed by atoms with Crippen LogP contribution in [0.1, 0.15) is 63.6 Å². The summed E-state index contributed by atoms with van der Waals surface area (Å²) in [5.41, 5.74) is 5.29. The van der Waals surface area contributed by atoms with E-state index in [0.29, 0.717) is 37.5 Å². The van der Waals surface area contributed by atoms with Crippen LogP contribution in [0, 0.1) is 18.8 Å². The van der Waals surface area contributed by atoms with Gasteiger partial charge in [0.25, 0.3) is 0 Å². The highest BCUT2D eigenvalue weighted by molar-refractivity contribution is 6.12. The first-order valence-corrected chi connectivity index (χ1v) is 15.6. The van der Waals surface area contributed by atoms with Gasteiger partial charge in [0.1, 0.15) is 12.4 Å². The SMILES string of the molecule is C=CC(=O)N1CCC(N(C)c2nc(OCC34CCCN3CC(C)C4)nc3c(C)c(/C(C=NC)=C(/C)C4CC4)ncc23)C1. The number of aromatic nitrogens is 3. The Morgan fingerprint density at radius 3 is 2.81 bits per heavy atom. The molecule has 0 N–H and O–H groups in total. The zero-order chi connectivity index (χ0) is 29.6. The minimum Gasteiger partial charge on any atom is -0.461 e. The predicted molar refractivity (Wildman–Crippen MR) is 168 cm³/mol. The third-order valence-corrected chi connectivity index (χ3v) is 10.1. The quantitative estimate of drug-likeness (QED) is 0.319. The summed E-state index contributed by atoms with van der Waals surface area (Å²) < 4.78 is 6.55. The first-order valence-electron chi connectivity index (χ1n) is 15.6. The summed E-state index contributed by atoms with van der Waals surface area (Å²) in [6.45, 7) is 14.5. The maximum absolute atomic E-state index is 12.3. The van der Waals surface area contributed by atoms with Crippen LogP contribution in [0.5, 0.6) is 6.01 Å². The van der Waals surface area contributed by atoms with Gasteiger partial charge < -0.3 is 14.5 Å². The molecule has 42 heavy (non-hydrogen) atoms. The molecule has 0 aromatic carbocycles. The number of rotatable bonds is 9. The zero-order valence-corrected chi connectivity index (χ0v) is 25.9. The van der Waals surface area contributed by atoms with Crippen molar-refractivity contribution in [3.05, 3.63) is 35.7 Å². The van der Waals surface area contributed by atoms with Crippen LogP contribution in [0.25, 0.3) is 16.5 Å². The molecule has 5 heterocycles. The topological polar surface area (TPSA) is 87.0 Å². The molecule has 1 amide bonds. The Morgan fingerprint density at radius 1 is 1.26 bits per heavy atom. The minimum absolute atomic E-state index is 0.0290. The lowest BCUT2D eigenvalue weighted by atomic mass is 9.92. The van der Waals surface area contributed by atoms with E-state index >= 15 is 0 Å². The number of likely N-dealkylation sites (tertiary alicyclic amines) is 1. The third kappa shape index (κ3) is 5.21. The maximum Gasteiger partial charge on any atom is 0.319 e. The molecule has 9 nitrogen and oxygen atoms in total. The lowest BCUT2D eigenvalue weighted by Crippen LogP contribution is -2.43. The average molecular weight is 572 g/mol. The highest BCUT2D eigenvalue weighted by Crippen LogP contribution is 2.43. The summed E-state index contributed by atoms with van der Waals surface area (Å²) in [5.74, 6) is 2.04. The Morgan fingerprint density at radius 2 is 2.07 bits per heavy atom. The Labute approximate surface area is 249 Å². The number of likely N-dealkylation sites (N-methyl/N-ethyl adjacent to an activating group) is 1. The van der Waals surface area contributed by atoms with Crippen molar-refractivity contribution >= 4 is 34.4 Å².